The molecular weight excluding hydrogens is 502 g/mol. The van der Waals surface area contributed by atoms with Crippen molar-refractivity contribution in [1.29, 1.82) is 0 Å². The van der Waals surface area contributed by atoms with Gasteiger partial charge in [0.2, 0.25) is 5.95 Å². The Balaban J connectivity index is 1.62. The van der Waals surface area contributed by atoms with Crippen LogP contribution in [0, 0.1) is 0 Å². The predicted molar refractivity (Wildman–Crippen MR) is 138 cm³/mol. The first-order valence-electron chi connectivity index (χ1n) is 12.1. The van der Waals surface area contributed by atoms with Gasteiger partial charge in [0.25, 0.3) is 0 Å². The Bertz CT molecular complexity index is 1110. The highest BCUT2D eigenvalue weighted by atomic mass is 32.2. The number of ether oxygens (including phenoxy) is 2. The van der Waals surface area contributed by atoms with Crippen LogP contribution in [0.15, 0.2) is 12.3 Å². The second kappa shape index (κ2) is 11.8. The summed E-state index contributed by atoms with van der Waals surface area (Å²) in [4.78, 5) is 37.8. The number of nitrogens with one attached hydrogen (secondary N) is 2. The fraction of sp³-hybridized carbons (Fsp3) is 0.619. The number of H-pyrrole nitrogens is 1. The lowest BCUT2D eigenvalue weighted by molar-refractivity contribution is 0.0706. The molecule has 2 atom stereocenters. The smallest absolute Gasteiger partial charge is 0.409 e. The summed E-state index contributed by atoms with van der Waals surface area (Å²) < 4.78 is 13.7. The van der Waals surface area contributed by atoms with Gasteiger partial charge in [0.15, 0.2) is 5.82 Å². The highest BCUT2D eigenvalue weighted by Crippen LogP contribution is 2.31. The fourth-order valence-electron chi connectivity index (χ4n) is 4.14. The van der Waals surface area contributed by atoms with Gasteiger partial charge in [-0.3, -0.25) is 9.73 Å². The Morgan fingerprint density at radius 2 is 1.95 bits per heavy atom. The van der Waals surface area contributed by atoms with E-state index >= 15 is 0 Å². The summed E-state index contributed by atoms with van der Waals surface area (Å²) in [6.45, 7) is 9.20. The Hall–Kier alpha value is -3.37. The first-order valence-corrected chi connectivity index (χ1v) is 13.4. The molecule has 37 heavy (non-hydrogen) atoms. The zero-order valence-electron chi connectivity index (χ0n) is 21.5. The second-order valence-corrected chi connectivity index (χ2v) is 10.2. The minimum absolute atomic E-state index is 0.298. The topological polar surface area (TPSA) is 158 Å². The molecule has 4 rings (SSSR count). The first kappa shape index (κ1) is 26.7. The zero-order valence-corrected chi connectivity index (χ0v) is 22.3. The number of anilines is 2. The molecule has 2 aromatic heterocycles. The van der Waals surface area contributed by atoms with Crippen molar-refractivity contribution < 1.29 is 19.1 Å². The molecule has 0 aromatic carbocycles. The van der Waals surface area contributed by atoms with Gasteiger partial charge in [-0.25, -0.2) is 19.6 Å². The molecule has 2 aliphatic heterocycles. The van der Waals surface area contributed by atoms with E-state index in [2.05, 4.69) is 35.3 Å². The van der Waals surface area contributed by atoms with Crippen molar-refractivity contribution in [2.45, 2.75) is 32.9 Å². The Morgan fingerprint density at radius 1 is 1.19 bits per heavy atom. The highest BCUT2D eigenvalue weighted by molar-refractivity contribution is 8.26. The van der Waals surface area contributed by atoms with Gasteiger partial charge in [0, 0.05) is 46.0 Å². The number of rotatable bonds is 8. The molecule has 202 valence electrons. The Kier molecular flexibility index (Phi) is 8.50. The largest absolute Gasteiger partial charge is 0.457 e. The lowest BCUT2D eigenvalue weighted by Gasteiger charge is -2.47. The Labute approximate surface area is 217 Å². The summed E-state index contributed by atoms with van der Waals surface area (Å²) in [7, 11) is 1.01. The van der Waals surface area contributed by atoms with Gasteiger partial charge in [-0.15, -0.1) is 10.2 Å². The predicted octanol–water partition coefficient (Wildman–Crippen LogP) is 0.626. The molecule has 2 unspecified atom stereocenters. The van der Waals surface area contributed by atoms with E-state index in [0.29, 0.717) is 70.1 Å². The molecule has 1 fully saturated rings. The van der Waals surface area contributed by atoms with E-state index in [4.69, 9.17) is 14.5 Å². The monoisotopic (exact) mass is 535 g/mol. The molecule has 4 heterocycles. The Morgan fingerprint density at radius 3 is 2.62 bits per heavy atom. The lowest BCUT2D eigenvalue weighted by atomic mass is 10.1. The highest BCUT2D eigenvalue weighted by Gasteiger charge is 2.42. The summed E-state index contributed by atoms with van der Waals surface area (Å²) >= 11 is 0. The maximum Gasteiger partial charge on any atom is 0.409 e. The molecule has 16 heteroatoms. The molecule has 1 saturated heterocycles. The third kappa shape index (κ3) is 6.14. The minimum atomic E-state index is -0.875. The summed E-state index contributed by atoms with van der Waals surface area (Å²) in [6.07, 6.45) is 1.38. The molecule has 0 bridgehead atoms. The van der Waals surface area contributed by atoms with E-state index < -0.39 is 16.2 Å². The number of carbonyl (C=O) groups excluding carboxylic acids is 2. The van der Waals surface area contributed by atoms with Gasteiger partial charge >= 0.3 is 11.4 Å². The van der Waals surface area contributed by atoms with Crippen LogP contribution in [0.4, 0.5) is 21.4 Å². The molecule has 0 radical (unpaired) electrons. The third-order valence-electron chi connectivity index (χ3n) is 5.92. The maximum absolute atomic E-state index is 12.5. The summed E-state index contributed by atoms with van der Waals surface area (Å²) in [5.41, 5.74) is -0.632. The number of aromatic nitrogens is 6. The molecule has 0 aliphatic carbocycles. The van der Waals surface area contributed by atoms with Crippen LogP contribution in [0.25, 0.3) is 0 Å². The van der Waals surface area contributed by atoms with Crippen LogP contribution >= 0.6 is 10.7 Å². The van der Waals surface area contributed by atoms with Crippen molar-refractivity contribution in [3.63, 3.8) is 0 Å². The fourth-order valence-corrected chi connectivity index (χ4v) is 5.82. The summed E-state index contributed by atoms with van der Waals surface area (Å²) in [6, 6.07) is 1.81. The van der Waals surface area contributed by atoms with Crippen LogP contribution in [0.5, 0.6) is 0 Å². The number of amides is 1. The van der Waals surface area contributed by atoms with Crippen LogP contribution in [0.3, 0.4) is 0 Å². The van der Waals surface area contributed by atoms with Crippen molar-refractivity contribution in [3.05, 3.63) is 18.1 Å². The lowest BCUT2D eigenvalue weighted by Crippen LogP contribution is -2.64. The van der Waals surface area contributed by atoms with E-state index in [-0.39, 0.29) is 11.4 Å². The van der Waals surface area contributed by atoms with Crippen molar-refractivity contribution in [1.82, 2.24) is 45.2 Å². The van der Waals surface area contributed by atoms with E-state index in [0.717, 1.165) is 0 Å². The molecule has 15 nitrogen and oxygen atoms in total. The molecule has 2 aliphatic rings. The van der Waals surface area contributed by atoms with E-state index in [1.54, 1.807) is 24.9 Å². The van der Waals surface area contributed by atoms with Gasteiger partial charge < -0.3 is 19.3 Å². The van der Waals surface area contributed by atoms with E-state index in [9.17, 15) is 9.59 Å². The van der Waals surface area contributed by atoms with Crippen molar-refractivity contribution in [2.75, 3.05) is 62.9 Å². The summed E-state index contributed by atoms with van der Waals surface area (Å²) in [5, 5.41) is 19.9. The maximum atomic E-state index is 12.5. The van der Waals surface area contributed by atoms with Gasteiger partial charge in [-0.2, -0.15) is 10.2 Å². The number of hydrogen-bond donors (Lipinski definition) is 2. The van der Waals surface area contributed by atoms with Crippen LogP contribution in [-0.2, 0) is 16.0 Å². The third-order valence-corrected chi connectivity index (χ3v) is 7.60. The number of hydrazine groups is 1. The number of hydrogen-bond acceptors (Lipinski definition) is 13. The average Bonchev–Trinajstić information content (AvgIpc) is 3.55. The van der Waals surface area contributed by atoms with Gasteiger partial charge in [0.1, 0.15) is 5.82 Å². The normalized spacial score (nSPS) is 21.8. The van der Waals surface area contributed by atoms with Gasteiger partial charge in [-0.1, -0.05) is 5.21 Å². The molecule has 2 N–H and O–H groups in total. The number of aromatic amines is 1. The molecule has 2 aromatic rings. The van der Waals surface area contributed by atoms with Crippen molar-refractivity contribution in [2.24, 2.45) is 0 Å². The van der Waals surface area contributed by atoms with E-state index in [1.807, 2.05) is 35.3 Å². The van der Waals surface area contributed by atoms with Crippen LogP contribution in [-0.4, -0.2) is 116 Å². The van der Waals surface area contributed by atoms with Crippen LogP contribution in [0.1, 0.15) is 26.6 Å². The quantitative estimate of drug-likeness (QED) is 0.358. The van der Waals surface area contributed by atoms with Crippen LogP contribution in [0.2, 0.25) is 0 Å². The standard InChI is InChI=1S/C21H33N11O4S/c1-5-35-19(33)30-9-11-31(12-10-30)32(21(3)14-23-37(15-21)20(34)36-6-2)18-22-8-7-17(24-18)29(4)13-16-25-27-28-26-16/h7-8,15,23H,5-6,9-14H2,1-4H3,(H,25,26,27,28). The van der Waals surface area contributed by atoms with Crippen LogP contribution < -0.4 is 14.6 Å². The number of tetrazole rings is 1. The average molecular weight is 536 g/mol. The van der Waals surface area contributed by atoms with Crippen molar-refractivity contribution in [3.8, 4) is 0 Å². The zero-order chi connectivity index (χ0) is 26.4. The minimum Gasteiger partial charge on any atom is -0.457 e. The summed E-state index contributed by atoms with van der Waals surface area (Å²) in [5.74, 6) is 1.68. The second-order valence-electron chi connectivity index (χ2n) is 8.67. The van der Waals surface area contributed by atoms with Gasteiger partial charge in [0.05, 0.1) is 25.3 Å². The number of carbonyl (C=O) groups is 2. The molecular formula is C21H33N11O4S. The van der Waals surface area contributed by atoms with Crippen molar-refractivity contribution >= 4 is 39.2 Å². The van der Waals surface area contributed by atoms with E-state index in [1.165, 1.54) is 0 Å². The number of piperazine rings is 1. The first-order chi connectivity index (χ1) is 17.8. The van der Waals surface area contributed by atoms with Gasteiger partial charge in [-0.05, 0) is 42.9 Å². The molecule has 1 amide bonds. The molecule has 0 spiro atoms. The molecule has 0 saturated carbocycles. The number of nitrogens with zero attached hydrogens (tertiary/aromatic N) is 9. The SMILES string of the molecule is CCOC(=O)N1CCN(N(c2nccc(N(C)Cc3nn[nH]n3)n2)C2(C)C=S(C(=O)OCC)NC2)CC1.